The molecule has 0 radical (unpaired) electrons. The molecule has 19 heavy (non-hydrogen) atoms. The molecule has 1 N–H and O–H groups in total. The van der Waals surface area contributed by atoms with Gasteiger partial charge in [0.15, 0.2) is 0 Å². The lowest BCUT2D eigenvalue weighted by Gasteiger charge is -2.17. The van der Waals surface area contributed by atoms with Crippen LogP contribution in [0.2, 0.25) is 5.02 Å². The quantitative estimate of drug-likeness (QED) is 0.844. The first-order chi connectivity index (χ1) is 8.91. The highest BCUT2D eigenvalue weighted by Gasteiger charge is 2.15. The van der Waals surface area contributed by atoms with Gasteiger partial charge in [-0.15, -0.1) is 0 Å². The highest BCUT2D eigenvalue weighted by Crippen LogP contribution is 2.16. The van der Waals surface area contributed by atoms with E-state index in [0.717, 1.165) is 5.56 Å². The fraction of sp³-hybridized carbons (Fsp3) is 0.286. The number of hydrogen-bond acceptors (Lipinski definition) is 2. The zero-order valence-electron chi connectivity index (χ0n) is 10.8. The van der Waals surface area contributed by atoms with Crippen LogP contribution < -0.4 is 0 Å². The maximum absolute atomic E-state index is 11.8. The third-order valence-electron chi connectivity index (χ3n) is 2.66. The number of aliphatic carboxylic acids is 1. The predicted molar refractivity (Wildman–Crippen MR) is 74.9 cm³/mol. The Labute approximate surface area is 117 Å². The lowest BCUT2D eigenvalue weighted by molar-refractivity contribution is -0.142. The summed E-state index contributed by atoms with van der Waals surface area (Å²) >= 11 is 5.96. The van der Waals surface area contributed by atoms with Crippen molar-refractivity contribution in [1.29, 1.82) is 0 Å². The van der Waals surface area contributed by atoms with Gasteiger partial charge in [-0.1, -0.05) is 36.7 Å². The number of likely N-dealkylation sites (N-methyl/N-ethyl adjacent to an activating group) is 1. The van der Waals surface area contributed by atoms with Crippen LogP contribution in [0.15, 0.2) is 30.3 Å². The van der Waals surface area contributed by atoms with Crippen molar-refractivity contribution in [1.82, 2.24) is 4.90 Å². The predicted octanol–water partition coefficient (Wildman–Crippen LogP) is 2.53. The van der Waals surface area contributed by atoms with Crippen LogP contribution in [0.25, 0.3) is 6.08 Å². The fourth-order valence-corrected chi connectivity index (χ4v) is 1.68. The largest absolute Gasteiger partial charge is 0.481 e. The van der Waals surface area contributed by atoms with E-state index < -0.39 is 11.9 Å². The molecule has 0 saturated carbocycles. The number of benzene rings is 1. The monoisotopic (exact) mass is 281 g/mol. The van der Waals surface area contributed by atoms with Crippen molar-refractivity contribution < 1.29 is 14.7 Å². The normalized spacial score (nSPS) is 12.4. The Balaban J connectivity index is 2.64. The summed E-state index contributed by atoms with van der Waals surface area (Å²) in [6.45, 7) is 1.73. The van der Waals surface area contributed by atoms with Crippen LogP contribution in [0.1, 0.15) is 12.5 Å². The van der Waals surface area contributed by atoms with Crippen LogP contribution in [-0.2, 0) is 9.59 Å². The first-order valence-electron chi connectivity index (χ1n) is 5.82. The van der Waals surface area contributed by atoms with Crippen LogP contribution in [0, 0.1) is 5.92 Å². The van der Waals surface area contributed by atoms with E-state index in [0.29, 0.717) is 5.02 Å². The molecule has 0 aliphatic heterocycles. The van der Waals surface area contributed by atoms with Crippen LogP contribution >= 0.6 is 11.6 Å². The maximum Gasteiger partial charge on any atom is 0.308 e. The molecule has 0 heterocycles. The topological polar surface area (TPSA) is 57.6 Å². The maximum atomic E-state index is 11.8. The van der Waals surface area contributed by atoms with E-state index in [4.69, 9.17) is 16.7 Å². The van der Waals surface area contributed by atoms with Crippen molar-refractivity contribution in [3.63, 3.8) is 0 Å². The summed E-state index contributed by atoms with van der Waals surface area (Å²) in [5, 5.41) is 9.35. The van der Waals surface area contributed by atoms with Crippen molar-refractivity contribution in [2.75, 3.05) is 13.6 Å². The van der Waals surface area contributed by atoms with Gasteiger partial charge in [0.2, 0.25) is 5.91 Å². The van der Waals surface area contributed by atoms with E-state index in [1.807, 2.05) is 12.1 Å². The summed E-state index contributed by atoms with van der Waals surface area (Å²) in [5.74, 6) is -1.77. The van der Waals surface area contributed by atoms with Crippen molar-refractivity contribution >= 4 is 29.6 Å². The number of rotatable bonds is 5. The summed E-state index contributed by atoms with van der Waals surface area (Å²) < 4.78 is 0. The lowest BCUT2D eigenvalue weighted by atomic mass is 10.1. The second kappa shape index (κ2) is 6.95. The second-order valence-corrected chi connectivity index (χ2v) is 4.72. The van der Waals surface area contributed by atoms with E-state index >= 15 is 0 Å². The zero-order valence-corrected chi connectivity index (χ0v) is 11.6. The summed E-state index contributed by atoms with van der Waals surface area (Å²) in [7, 11) is 1.57. The molecule has 1 aromatic rings. The highest BCUT2D eigenvalue weighted by atomic mass is 35.5. The van der Waals surface area contributed by atoms with Crippen molar-refractivity contribution in [2.24, 2.45) is 5.92 Å². The minimum atomic E-state index is -0.922. The van der Waals surface area contributed by atoms with Gasteiger partial charge in [0.1, 0.15) is 0 Å². The SMILES string of the molecule is CC(CN(C)C(=O)C=Cc1ccccc1Cl)C(=O)O. The molecule has 0 aliphatic carbocycles. The number of nitrogens with zero attached hydrogens (tertiary/aromatic N) is 1. The van der Waals surface area contributed by atoms with Crippen molar-refractivity contribution in [3.8, 4) is 0 Å². The number of carboxylic acid groups (broad SMARTS) is 1. The van der Waals surface area contributed by atoms with E-state index in [1.54, 1.807) is 32.2 Å². The molecule has 5 heteroatoms. The zero-order chi connectivity index (χ0) is 14.4. The Bertz CT molecular complexity index is 499. The van der Waals surface area contributed by atoms with E-state index in [-0.39, 0.29) is 12.5 Å². The Morgan fingerprint density at radius 3 is 2.63 bits per heavy atom. The van der Waals surface area contributed by atoms with Crippen LogP contribution in [0.4, 0.5) is 0 Å². The lowest BCUT2D eigenvalue weighted by Crippen LogP contribution is -2.32. The van der Waals surface area contributed by atoms with Gasteiger partial charge in [-0.2, -0.15) is 0 Å². The molecular formula is C14H16ClNO3. The van der Waals surface area contributed by atoms with Gasteiger partial charge in [-0.3, -0.25) is 9.59 Å². The minimum Gasteiger partial charge on any atom is -0.481 e. The molecule has 1 aromatic carbocycles. The summed E-state index contributed by atoms with van der Waals surface area (Å²) in [6.07, 6.45) is 3.00. The molecule has 102 valence electrons. The van der Waals surface area contributed by atoms with E-state index in [1.165, 1.54) is 11.0 Å². The number of carbonyl (C=O) groups excluding carboxylic acids is 1. The molecular weight excluding hydrogens is 266 g/mol. The standard InChI is InChI=1S/C14H16ClNO3/c1-10(14(18)19)9-16(2)13(17)8-7-11-5-3-4-6-12(11)15/h3-8,10H,9H2,1-2H3,(H,18,19). The van der Waals surface area contributed by atoms with Gasteiger partial charge < -0.3 is 10.0 Å². The molecule has 1 rings (SSSR count). The van der Waals surface area contributed by atoms with Crippen molar-refractivity contribution in [3.05, 3.63) is 40.9 Å². The molecule has 0 aromatic heterocycles. The average Bonchev–Trinajstić information content (AvgIpc) is 2.37. The Morgan fingerprint density at radius 1 is 1.42 bits per heavy atom. The summed E-state index contributed by atoms with van der Waals surface area (Å²) in [5.41, 5.74) is 0.747. The number of carbonyl (C=O) groups is 2. The number of carboxylic acids is 1. The molecule has 0 spiro atoms. The Hall–Kier alpha value is -1.81. The first kappa shape index (κ1) is 15.2. The Morgan fingerprint density at radius 2 is 2.05 bits per heavy atom. The molecule has 0 saturated heterocycles. The molecule has 1 atom stereocenters. The van der Waals surface area contributed by atoms with Gasteiger partial charge in [-0.25, -0.2) is 0 Å². The fourth-order valence-electron chi connectivity index (χ4n) is 1.48. The summed E-state index contributed by atoms with van der Waals surface area (Å²) in [4.78, 5) is 23.9. The number of amides is 1. The third-order valence-corrected chi connectivity index (χ3v) is 3.00. The Kier molecular flexibility index (Phi) is 5.57. The number of hydrogen-bond donors (Lipinski definition) is 1. The van der Waals surface area contributed by atoms with Crippen LogP contribution in [0.5, 0.6) is 0 Å². The van der Waals surface area contributed by atoms with Crippen molar-refractivity contribution in [2.45, 2.75) is 6.92 Å². The second-order valence-electron chi connectivity index (χ2n) is 4.31. The first-order valence-corrected chi connectivity index (χ1v) is 6.20. The third kappa shape index (κ3) is 4.75. The molecule has 4 nitrogen and oxygen atoms in total. The molecule has 0 bridgehead atoms. The molecule has 1 amide bonds. The van der Waals surface area contributed by atoms with E-state index in [9.17, 15) is 9.59 Å². The smallest absolute Gasteiger partial charge is 0.308 e. The minimum absolute atomic E-state index is 0.168. The van der Waals surface area contributed by atoms with Gasteiger partial charge in [0.05, 0.1) is 5.92 Å². The van der Waals surface area contributed by atoms with Crippen LogP contribution in [0.3, 0.4) is 0 Å². The average molecular weight is 282 g/mol. The van der Waals surface area contributed by atoms with Gasteiger partial charge in [0, 0.05) is 24.7 Å². The van der Waals surface area contributed by atoms with Gasteiger partial charge >= 0.3 is 5.97 Å². The van der Waals surface area contributed by atoms with Gasteiger partial charge in [-0.05, 0) is 17.7 Å². The number of halogens is 1. The molecule has 0 aliphatic rings. The molecule has 1 unspecified atom stereocenters. The van der Waals surface area contributed by atoms with E-state index in [2.05, 4.69) is 0 Å². The van der Waals surface area contributed by atoms with Gasteiger partial charge in [0.25, 0.3) is 0 Å². The molecule has 0 fully saturated rings. The highest BCUT2D eigenvalue weighted by molar-refractivity contribution is 6.32. The summed E-state index contributed by atoms with van der Waals surface area (Å²) in [6, 6.07) is 7.17. The van der Waals surface area contributed by atoms with Crippen LogP contribution in [-0.4, -0.2) is 35.5 Å².